The van der Waals surface area contributed by atoms with E-state index in [1.165, 1.54) is 25.6 Å². The van der Waals surface area contributed by atoms with E-state index in [1.54, 1.807) is 4.57 Å². The Morgan fingerprint density at radius 1 is 1.14 bits per heavy atom. The molecule has 11 nitrogen and oxygen atoms in total. The first kappa shape index (κ1) is 25.9. The zero-order chi connectivity index (χ0) is 26.4. The molecule has 204 valence electrons. The summed E-state index contributed by atoms with van der Waals surface area (Å²) in [5.41, 5.74) is 1.44. The Balaban J connectivity index is 1.27. The summed E-state index contributed by atoms with van der Waals surface area (Å²) in [6.45, 7) is 4.81. The number of aliphatic hydroxyl groups is 2. The third kappa shape index (κ3) is 4.71. The van der Waals surface area contributed by atoms with Crippen molar-refractivity contribution < 1.29 is 29.3 Å². The molecule has 2 aromatic heterocycles. The highest BCUT2D eigenvalue weighted by atomic mass is 35.5. The van der Waals surface area contributed by atoms with Crippen LogP contribution in [-0.4, -0.2) is 69.5 Å². The van der Waals surface area contributed by atoms with Crippen LogP contribution in [0, 0.1) is 16.7 Å². The lowest BCUT2D eigenvalue weighted by molar-refractivity contribution is -0.0973. The Hall–Kier alpha value is -1.33. The normalized spacial score (nSPS) is 41.1. The van der Waals surface area contributed by atoms with Crippen LogP contribution in [0.5, 0.6) is 0 Å². The van der Waals surface area contributed by atoms with Crippen molar-refractivity contribution in [2.45, 2.75) is 95.3 Å². The zero-order valence-corrected chi connectivity index (χ0v) is 22.7. The molecule has 1 aliphatic heterocycles. The smallest absolute Gasteiger partial charge is 0.325 e. The van der Waals surface area contributed by atoms with Crippen LogP contribution in [0.1, 0.15) is 71.4 Å². The van der Waals surface area contributed by atoms with Gasteiger partial charge in [0.05, 0.1) is 12.4 Å². The lowest BCUT2D eigenvalue weighted by Gasteiger charge is -2.65. The van der Waals surface area contributed by atoms with Gasteiger partial charge in [0.2, 0.25) is 5.28 Å². The number of aromatic nitrogens is 4. The third-order valence-electron chi connectivity index (χ3n) is 8.95. The Bertz CT molecular complexity index is 1250. The van der Waals surface area contributed by atoms with Crippen LogP contribution in [0.15, 0.2) is 6.33 Å². The molecule has 4 aliphatic carbocycles. The number of halogens is 1. The summed E-state index contributed by atoms with van der Waals surface area (Å²) in [7, 11) is -4.15. The molecule has 4 unspecified atom stereocenters. The first-order valence-electron chi connectivity index (χ1n) is 13.0. The monoisotopic (exact) mass is 555 g/mol. The molecule has 0 spiro atoms. The van der Waals surface area contributed by atoms with E-state index in [4.69, 9.17) is 26.1 Å². The molecule has 1 saturated heterocycles. The van der Waals surface area contributed by atoms with Crippen LogP contribution < -0.4 is 5.32 Å². The van der Waals surface area contributed by atoms with Gasteiger partial charge in [-0.05, 0) is 79.7 Å². The molecule has 3 heterocycles. The van der Waals surface area contributed by atoms with Crippen LogP contribution in [0.25, 0.3) is 11.2 Å². The van der Waals surface area contributed by atoms with Crippen molar-refractivity contribution in [1.29, 1.82) is 0 Å². The van der Waals surface area contributed by atoms with Crippen LogP contribution >= 0.6 is 19.2 Å². The van der Waals surface area contributed by atoms with Crippen LogP contribution in [0.2, 0.25) is 5.28 Å². The van der Waals surface area contributed by atoms with Crippen LogP contribution in [0.4, 0.5) is 5.82 Å². The lowest BCUT2D eigenvalue weighted by Crippen LogP contribution is -2.61. The predicted octanol–water partition coefficient (Wildman–Crippen LogP) is 3.22. The quantitative estimate of drug-likeness (QED) is 0.253. The number of imidazole rings is 1. The van der Waals surface area contributed by atoms with E-state index in [9.17, 15) is 14.8 Å². The van der Waals surface area contributed by atoms with Gasteiger partial charge in [0.25, 0.3) is 0 Å². The molecule has 5 fully saturated rings. The molecule has 8 atom stereocenters. The van der Waals surface area contributed by atoms with Crippen molar-refractivity contribution in [1.82, 2.24) is 19.5 Å². The van der Waals surface area contributed by atoms with Crippen LogP contribution in [0.3, 0.4) is 0 Å². The van der Waals surface area contributed by atoms with Gasteiger partial charge in [-0.2, -0.15) is 9.97 Å². The Morgan fingerprint density at radius 3 is 2.49 bits per heavy atom. The Labute approximate surface area is 220 Å². The molecule has 5 N–H and O–H groups in total. The summed E-state index contributed by atoms with van der Waals surface area (Å²) in [5.74, 6) is 1.25. The highest BCUT2D eigenvalue weighted by Gasteiger charge is 2.60. The number of nitrogens with one attached hydrogen (secondary N) is 1. The molecule has 4 bridgehead atoms. The molecule has 2 aromatic rings. The molecule has 5 aliphatic rings. The van der Waals surface area contributed by atoms with Gasteiger partial charge in [0.15, 0.2) is 23.2 Å². The summed E-state index contributed by atoms with van der Waals surface area (Å²) in [6.07, 6.45) is 4.31. The summed E-state index contributed by atoms with van der Waals surface area (Å²) < 4.78 is 18.7. The summed E-state index contributed by atoms with van der Waals surface area (Å²) >= 11 is 6.38. The average Bonchev–Trinajstić information content (AvgIpc) is 3.26. The molecular weight excluding hydrogens is 521 g/mol. The third-order valence-corrected chi connectivity index (χ3v) is 10.0. The number of hydrogen-bond donors (Lipinski definition) is 5. The second-order valence-electron chi connectivity index (χ2n) is 12.8. The van der Waals surface area contributed by atoms with Crippen molar-refractivity contribution in [2.24, 2.45) is 16.7 Å². The van der Waals surface area contributed by atoms with E-state index >= 15 is 0 Å². The Morgan fingerprint density at radius 2 is 1.84 bits per heavy atom. The van der Waals surface area contributed by atoms with Crippen molar-refractivity contribution in [3.8, 4) is 0 Å². The summed E-state index contributed by atoms with van der Waals surface area (Å²) in [5, 5.41) is 25.1. The molecule has 0 amide bonds. The largest absolute Gasteiger partial charge is 0.388 e. The molecule has 37 heavy (non-hydrogen) atoms. The van der Waals surface area contributed by atoms with E-state index in [2.05, 4.69) is 34.1 Å². The zero-order valence-electron chi connectivity index (χ0n) is 21.0. The molecule has 13 heteroatoms. The number of anilines is 1. The number of aliphatic hydroxyl groups excluding tert-OH is 2. The number of nitrogens with zero attached hydrogens (tertiary/aromatic N) is 4. The van der Waals surface area contributed by atoms with Crippen LogP contribution in [-0.2, 0) is 9.30 Å². The number of hydrogen-bond acceptors (Lipinski definition) is 8. The van der Waals surface area contributed by atoms with E-state index < -0.39 is 32.1 Å². The van der Waals surface area contributed by atoms with Crippen molar-refractivity contribution in [3.63, 3.8) is 0 Å². The molecule has 4 saturated carbocycles. The fourth-order valence-corrected chi connectivity index (χ4v) is 9.46. The van der Waals surface area contributed by atoms with Gasteiger partial charge >= 0.3 is 7.60 Å². The van der Waals surface area contributed by atoms with Gasteiger partial charge in [-0.3, -0.25) is 9.13 Å². The summed E-state index contributed by atoms with van der Waals surface area (Å²) in [4.78, 5) is 31.7. The second kappa shape index (κ2) is 8.58. The van der Waals surface area contributed by atoms with Gasteiger partial charge in [-0.25, -0.2) is 4.98 Å². The average molecular weight is 556 g/mol. The number of rotatable bonds is 7. The fourth-order valence-electron chi connectivity index (χ4n) is 8.70. The highest BCUT2D eigenvalue weighted by Crippen LogP contribution is 2.67. The SMILES string of the molecule is C[C@]12CC3CC(Nc4nc(Cl)nc5c4ncn5[C@@H]4O[C@H](CCCP(=O)(O)O)C(O)C4O)(C1)C[C@@](C)(C3)C2. The maximum atomic E-state index is 11.2. The van der Waals surface area contributed by atoms with Gasteiger partial charge in [0.1, 0.15) is 12.2 Å². The molecule has 7 rings (SSSR count). The van der Waals surface area contributed by atoms with Crippen molar-refractivity contribution in [2.75, 3.05) is 11.5 Å². The minimum Gasteiger partial charge on any atom is -0.388 e. The van der Waals surface area contributed by atoms with E-state index in [0.717, 1.165) is 19.3 Å². The molecule has 0 aromatic carbocycles. The van der Waals surface area contributed by atoms with Gasteiger partial charge in [-0.15, -0.1) is 0 Å². The first-order valence-corrected chi connectivity index (χ1v) is 15.2. The Kier molecular flexibility index (Phi) is 6.01. The topological polar surface area (TPSA) is 163 Å². The minimum atomic E-state index is -4.15. The van der Waals surface area contributed by atoms with E-state index in [-0.39, 0.29) is 29.8 Å². The fraction of sp³-hybridized carbons (Fsp3) is 0.792. The van der Waals surface area contributed by atoms with Gasteiger partial charge in [0, 0.05) is 11.7 Å². The second-order valence-corrected chi connectivity index (χ2v) is 14.9. The standard InChI is InChI=1S/C24H35ClN5O6P/c1-22-6-13-7-23(2,9-22)11-24(8-13,10-22)29-18-15-19(28-21(25)27-18)30(12-26-15)20-17(32)16(31)14(36-20)4-3-5-37(33,34)35/h12-14,16-17,20,31-32H,3-11H2,1-2H3,(H,27,28,29)(H2,33,34,35)/t13?,14-,16?,17?,20-,22-,23+,24?/m1/s1. The molecule has 0 radical (unpaired) electrons. The minimum absolute atomic E-state index is 0.0464. The predicted molar refractivity (Wildman–Crippen MR) is 136 cm³/mol. The highest BCUT2D eigenvalue weighted by molar-refractivity contribution is 7.51. The van der Waals surface area contributed by atoms with E-state index in [1.807, 2.05) is 0 Å². The molecular formula is C24H35ClN5O6P. The maximum absolute atomic E-state index is 11.2. The van der Waals surface area contributed by atoms with E-state index in [0.29, 0.717) is 33.7 Å². The number of ether oxygens (including phenoxy) is 1. The summed E-state index contributed by atoms with van der Waals surface area (Å²) in [6, 6.07) is 0. The number of fused-ring (bicyclic) bond motifs is 1. The van der Waals surface area contributed by atoms with Gasteiger partial charge in [-0.1, -0.05) is 13.8 Å². The lowest BCUT2D eigenvalue weighted by atomic mass is 9.43. The first-order chi connectivity index (χ1) is 17.3. The van der Waals surface area contributed by atoms with Gasteiger partial charge < -0.3 is 30.1 Å². The van der Waals surface area contributed by atoms with Crippen molar-refractivity contribution in [3.05, 3.63) is 11.6 Å². The van der Waals surface area contributed by atoms with Crippen molar-refractivity contribution >= 4 is 36.2 Å². The maximum Gasteiger partial charge on any atom is 0.325 e.